The number of amides is 1. The molecule has 1 aliphatic rings. The maximum atomic E-state index is 12.1. The minimum atomic E-state index is -0.0321. The second kappa shape index (κ2) is 9.14. The van der Waals surface area contributed by atoms with E-state index in [1.54, 1.807) is 0 Å². The number of rotatable bonds is 5. The molecule has 2 atom stereocenters. The molecule has 0 spiro atoms. The summed E-state index contributed by atoms with van der Waals surface area (Å²) in [4.78, 5) is 12.1. The Hall–Kier alpha value is -1.26. The molecule has 23 heavy (non-hydrogen) atoms. The lowest BCUT2D eigenvalue weighted by molar-refractivity contribution is -0.124. The number of nitrogens with one attached hydrogen (secondary N) is 2. The van der Waals surface area contributed by atoms with Crippen LogP contribution in [0, 0.1) is 6.92 Å². The van der Waals surface area contributed by atoms with Crippen molar-refractivity contribution in [2.45, 2.75) is 58.5 Å². The lowest BCUT2D eigenvalue weighted by atomic mass is 10.0. The van der Waals surface area contributed by atoms with Gasteiger partial charge in [0.05, 0.1) is 0 Å². The number of hydrogen-bond donors (Lipinski definition) is 2. The largest absolute Gasteiger partial charge is 0.483 e. The number of benzene rings is 1. The molecule has 1 aromatic carbocycles. The minimum Gasteiger partial charge on any atom is -0.483 e. The number of carbonyl (C=O) groups is 1. The van der Waals surface area contributed by atoms with Gasteiger partial charge in [-0.05, 0) is 56.3 Å². The molecule has 1 saturated heterocycles. The van der Waals surface area contributed by atoms with Gasteiger partial charge in [0.15, 0.2) is 6.61 Å². The second-order valence-corrected chi connectivity index (χ2v) is 6.63. The Bertz CT molecular complexity index is 520. The molecule has 5 heteroatoms. The Balaban J connectivity index is 0.00000264. The van der Waals surface area contributed by atoms with Crippen LogP contribution in [0.25, 0.3) is 0 Å². The fourth-order valence-electron chi connectivity index (χ4n) is 2.92. The zero-order chi connectivity index (χ0) is 16.1. The van der Waals surface area contributed by atoms with Crippen LogP contribution < -0.4 is 15.4 Å². The lowest BCUT2D eigenvalue weighted by Crippen LogP contribution is -2.47. The average molecular weight is 341 g/mol. The smallest absolute Gasteiger partial charge is 0.258 e. The van der Waals surface area contributed by atoms with E-state index in [9.17, 15) is 4.79 Å². The SMILES string of the molecule is Cc1ccc(C(C)C)c(OCC(=O)NC2CCNC(C)C2)c1.Cl. The predicted octanol–water partition coefficient (Wildman–Crippen LogP) is 3.18. The van der Waals surface area contributed by atoms with Crippen molar-refractivity contribution < 1.29 is 9.53 Å². The molecule has 1 fully saturated rings. The number of ether oxygens (including phenoxy) is 1. The van der Waals surface area contributed by atoms with Crippen molar-refractivity contribution in [3.05, 3.63) is 29.3 Å². The molecule has 1 aromatic rings. The van der Waals surface area contributed by atoms with Crippen molar-refractivity contribution in [3.63, 3.8) is 0 Å². The molecular weight excluding hydrogens is 312 g/mol. The van der Waals surface area contributed by atoms with Gasteiger partial charge >= 0.3 is 0 Å². The van der Waals surface area contributed by atoms with E-state index in [2.05, 4.69) is 43.5 Å². The average Bonchev–Trinajstić information content (AvgIpc) is 2.45. The second-order valence-electron chi connectivity index (χ2n) is 6.63. The van der Waals surface area contributed by atoms with Gasteiger partial charge in [-0.1, -0.05) is 26.0 Å². The first-order valence-corrected chi connectivity index (χ1v) is 8.21. The number of hydrogen-bond acceptors (Lipinski definition) is 3. The molecule has 2 unspecified atom stereocenters. The van der Waals surface area contributed by atoms with Crippen molar-refractivity contribution in [1.82, 2.24) is 10.6 Å². The van der Waals surface area contributed by atoms with E-state index in [-0.39, 0.29) is 31.0 Å². The summed E-state index contributed by atoms with van der Waals surface area (Å²) in [6.07, 6.45) is 1.96. The summed E-state index contributed by atoms with van der Waals surface area (Å²) in [5.41, 5.74) is 2.29. The van der Waals surface area contributed by atoms with Crippen molar-refractivity contribution in [1.29, 1.82) is 0 Å². The molecule has 0 saturated carbocycles. The fourth-order valence-corrected chi connectivity index (χ4v) is 2.92. The van der Waals surface area contributed by atoms with E-state index in [0.717, 1.165) is 36.3 Å². The molecule has 130 valence electrons. The van der Waals surface area contributed by atoms with Crippen LogP contribution in [0.5, 0.6) is 5.75 Å². The van der Waals surface area contributed by atoms with Crippen LogP contribution in [0.15, 0.2) is 18.2 Å². The maximum absolute atomic E-state index is 12.1. The Morgan fingerprint density at radius 1 is 1.43 bits per heavy atom. The Morgan fingerprint density at radius 3 is 2.83 bits per heavy atom. The number of carbonyl (C=O) groups excluding carboxylic acids is 1. The quantitative estimate of drug-likeness (QED) is 0.865. The van der Waals surface area contributed by atoms with Gasteiger partial charge in [0, 0.05) is 12.1 Å². The molecular formula is C18H29ClN2O2. The van der Waals surface area contributed by atoms with E-state index in [4.69, 9.17) is 4.74 Å². The Morgan fingerprint density at radius 2 is 2.17 bits per heavy atom. The molecule has 0 aromatic heterocycles. The normalized spacial score (nSPS) is 20.7. The molecule has 0 radical (unpaired) electrons. The first-order valence-electron chi connectivity index (χ1n) is 8.21. The molecule has 1 aliphatic heterocycles. The molecule has 0 aliphatic carbocycles. The summed E-state index contributed by atoms with van der Waals surface area (Å²) in [5, 5.41) is 6.47. The highest BCUT2D eigenvalue weighted by molar-refractivity contribution is 5.85. The first-order chi connectivity index (χ1) is 10.5. The predicted molar refractivity (Wildman–Crippen MR) is 96.6 cm³/mol. The van der Waals surface area contributed by atoms with E-state index in [0.29, 0.717) is 12.0 Å². The number of aryl methyl sites for hydroxylation is 1. The highest BCUT2D eigenvalue weighted by atomic mass is 35.5. The van der Waals surface area contributed by atoms with Crippen LogP contribution in [-0.4, -0.2) is 31.1 Å². The van der Waals surface area contributed by atoms with E-state index in [1.165, 1.54) is 0 Å². The third-order valence-corrected chi connectivity index (χ3v) is 4.14. The van der Waals surface area contributed by atoms with Gasteiger partial charge in [-0.3, -0.25) is 4.79 Å². The standard InChI is InChI=1S/C18H28N2O2.ClH/c1-12(2)16-6-5-13(3)9-17(16)22-11-18(21)20-15-7-8-19-14(4)10-15;/h5-6,9,12,14-15,19H,7-8,10-11H2,1-4H3,(H,20,21);1H. The maximum Gasteiger partial charge on any atom is 0.258 e. The van der Waals surface area contributed by atoms with Gasteiger partial charge in [0.2, 0.25) is 0 Å². The van der Waals surface area contributed by atoms with Crippen LogP contribution in [0.2, 0.25) is 0 Å². The van der Waals surface area contributed by atoms with Crippen LogP contribution in [-0.2, 0) is 4.79 Å². The molecule has 2 rings (SSSR count). The summed E-state index contributed by atoms with van der Waals surface area (Å²) < 4.78 is 5.78. The van der Waals surface area contributed by atoms with E-state index < -0.39 is 0 Å². The van der Waals surface area contributed by atoms with Crippen LogP contribution in [0.3, 0.4) is 0 Å². The van der Waals surface area contributed by atoms with Crippen LogP contribution in [0.1, 0.15) is 50.7 Å². The summed E-state index contributed by atoms with van der Waals surface area (Å²) >= 11 is 0. The van der Waals surface area contributed by atoms with Crippen molar-refractivity contribution in [2.75, 3.05) is 13.2 Å². The van der Waals surface area contributed by atoms with Gasteiger partial charge in [0.1, 0.15) is 5.75 Å². The monoisotopic (exact) mass is 340 g/mol. The fraction of sp³-hybridized carbons (Fsp3) is 0.611. The van der Waals surface area contributed by atoms with Crippen molar-refractivity contribution in [3.8, 4) is 5.75 Å². The Kier molecular flexibility index (Phi) is 7.86. The molecule has 4 nitrogen and oxygen atoms in total. The zero-order valence-electron chi connectivity index (χ0n) is 14.5. The number of halogens is 1. The zero-order valence-corrected chi connectivity index (χ0v) is 15.3. The summed E-state index contributed by atoms with van der Waals surface area (Å²) in [6, 6.07) is 6.90. The molecule has 1 heterocycles. The Labute approximate surface area is 145 Å². The van der Waals surface area contributed by atoms with Crippen LogP contribution >= 0.6 is 12.4 Å². The van der Waals surface area contributed by atoms with Gasteiger partial charge in [0.25, 0.3) is 5.91 Å². The minimum absolute atomic E-state index is 0. The first kappa shape index (κ1) is 19.8. The topological polar surface area (TPSA) is 50.4 Å². The molecule has 1 amide bonds. The molecule has 2 N–H and O–H groups in total. The van der Waals surface area contributed by atoms with Gasteiger partial charge in [-0.15, -0.1) is 12.4 Å². The highest BCUT2D eigenvalue weighted by Gasteiger charge is 2.20. The summed E-state index contributed by atoms with van der Waals surface area (Å²) in [6.45, 7) is 9.50. The highest BCUT2D eigenvalue weighted by Crippen LogP contribution is 2.27. The van der Waals surface area contributed by atoms with Crippen molar-refractivity contribution in [2.24, 2.45) is 0 Å². The van der Waals surface area contributed by atoms with Gasteiger partial charge < -0.3 is 15.4 Å². The van der Waals surface area contributed by atoms with E-state index in [1.807, 2.05) is 13.0 Å². The van der Waals surface area contributed by atoms with Gasteiger partial charge in [-0.2, -0.15) is 0 Å². The summed E-state index contributed by atoms with van der Waals surface area (Å²) in [5.74, 6) is 1.17. The van der Waals surface area contributed by atoms with Gasteiger partial charge in [-0.25, -0.2) is 0 Å². The number of piperidine rings is 1. The van der Waals surface area contributed by atoms with Crippen molar-refractivity contribution >= 4 is 18.3 Å². The van der Waals surface area contributed by atoms with Crippen LogP contribution in [0.4, 0.5) is 0 Å². The third kappa shape index (κ3) is 6.04. The third-order valence-electron chi connectivity index (χ3n) is 4.14. The molecule has 0 bridgehead atoms. The lowest BCUT2D eigenvalue weighted by Gasteiger charge is -2.28. The van der Waals surface area contributed by atoms with E-state index >= 15 is 0 Å². The summed E-state index contributed by atoms with van der Waals surface area (Å²) in [7, 11) is 0.